The van der Waals surface area contributed by atoms with Crippen LogP contribution in [0.4, 0.5) is 0 Å². The van der Waals surface area contributed by atoms with E-state index < -0.39 is 0 Å². The first-order valence-electron chi connectivity index (χ1n) is 8.43. The number of benzene rings is 1. The highest BCUT2D eigenvalue weighted by atomic mass is 32.1. The monoisotopic (exact) mass is 328 g/mol. The summed E-state index contributed by atoms with van der Waals surface area (Å²) in [6.07, 6.45) is 5.00. The fourth-order valence-corrected chi connectivity index (χ4v) is 3.93. The lowest BCUT2D eigenvalue weighted by molar-refractivity contribution is -0.122. The minimum atomic E-state index is -0.0457. The zero-order valence-corrected chi connectivity index (χ0v) is 14.2. The second kappa shape index (κ2) is 8.27. The summed E-state index contributed by atoms with van der Waals surface area (Å²) in [5.74, 6) is 0.120. The summed E-state index contributed by atoms with van der Waals surface area (Å²) in [7, 11) is 0. The third-order valence-corrected chi connectivity index (χ3v) is 5.27. The summed E-state index contributed by atoms with van der Waals surface area (Å²) in [6, 6.07) is 14.3. The molecule has 23 heavy (non-hydrogen) atoms. The van der Waals surface area contributed by atoms with Crippen LogP contribution in [0.15, 0.2) is 47.8 Å². The van der Waals surface area contributed by atoms with Crippen molar-refractivity contribution in [1.82, 2.24) is 10.2 Å². The molecule has 1 aromatic carbocycles. The van der Waals surface area contributed by atoms with Crippen molar-refractivity contribution in [3.63, 3.8) is 0 Å². The largest absolute Gasteiger partial charge is 0.343 e. The second-order valence-electron chi connectivity index (χ2n) is 6.12. The maximum absolute atomic E-state index is 12.6. The van der Waals surface area contributed by atoms with Gasteiger partial charge in [0, 0.05) is 4.88 Å². The van der Waals surface area contributed by atoms with Crippen molar-refractivity contribution in [1.29, 1.82) is 0 Å². The highest BCUT2D eigenvalue weighted by Crippen LogP contribution is 2.25. The molecule has 0 spiro atoms. The van der Waals surface area contributed by atoms with Crippen LogP contribution >= 0.6 is 11.3 Å². The number of rotatable bonds is 5. The van der Waals surface area contributed by atoms with E-state index in [9.17, 15) is 4.79 Å². The summed E-state index contributed by atoms with van der Waals surface area (Å²) >= 11 is 1.69. The number of carbonyl (C=O) groups is 1. The predicted octanol–water partition coefficient (Wildman–Crippen LogP) is 3.83. The number of amides is 1. The van der Waals surface area contributed by atoms with Gasteiger partial charge in [0.2, 0.25) is 5.91 Å². The molecule has 0 bridgehead atoms. The number of carbonyl (C=O) groups excluding carboxylic acids is 1. The van der Waals surface area contributed by atoms with Crippen LogP contribution in [0.2, 0.25) is 0 Å². The van der Waals surface area contributed by atoms with Crippen molar-refractivity contribution in [3.05, 3.63) is 58.3 Å². The number of nitrogens with zero attached hydrogens (tertiary/aromatic N) is 1. The summed E-state index contributed by atoms with van der Waals surface area (Å²) in [5.41, 5.74) is 1.14. The molecule has 0 aliphatic carbocycles. The summed E-state index contributed by atoms with van der Waals surface area (Å²) in [4.78, 5) is 16.0. The lowest BCUT2D eigenvalue weighted by atomic mass is 10.1. The Morgan fingerprint density at radius 2 is 1.78 bits per heavy atom. The summed E-state index contributed by atoms with van der Waals surface area (Å²) in [6.45, 7) is 2.60. The molecule has 3 nitrogen and oxygen atoms in total. The molecule has 1 fully saturated rings. The van der Waals surface area contributed by atoms with Crippen LogP contribution in [0.1, 0.15) is 42.2 Å². The lowest BCUT2D eigenvalue weighted by Crippen LogP contribution is -2.39. The molecule has 0 unspecified atom stereocenters. The van der Waals surface area contributed by atoms with Gasteiger partial charge in [0.25, 0.3) is 0 Å². The molecule has 4 heteroatoms. The normalized spacial score (nSPS) is 17.4. The average molecular weight is 328 g/mol. The third kappa shape index (κ3) is 4.66. The van der Waals surface area contributed by atoms with Crippen molar-refractivity contribution in [2.45, 2.75) is 31.7 Å². The van der Waals surface area contributed by atoms with Crippen molar-refractivity contribution >= 4 is 17.2 Å². The molecule has 1 aliphatic rings. The van der Waals surface area contributed by atoms with Gasteiger partial charge in [0.05, 0.1) is 12.6 Å². The van der Waals surface area contributed by atoms with E-state index in [0.29, 0.717) is 6.54 Å². The Morgan fingerprint density at radius 3 is 2.43 bits per heavy atom. The van der Waals surface area contributed by atoms with Crippen LogP contribution in [-0.4, -0.2) is 30.4 Å². The van der Waals surface area contributed by atoms with E-state index in [-0.39, 0.29) is 11.9 Å². The minimum Gasteiger partial charge on any atom is -0.343 e. The van der Waals surface area contributed by atoms with Crippen LogP contribution in [0.25, 0.3) is 0 Å². The predicted molar refractivity (Wildman–Crippen MR) is 95.7 cm³/mol. The van der Waals surface area contributed by atoms with E-state index in [4.69, 9.17) is 0 Å². The Balaban J connectivity index is 1.67. The zero-order valence-electron chi connectivity index (χ0n) is 13.4. The van der Waals surface area contributed by atoms with Gasteiger partial charge in [-0.15, -0.1) is 11.3 Å². The van der Waals surface area contributed by atoms with Crippen molar-refractivity contribution in [3.8, 4) is 0 Å². The molecule has 1 atom stereocenters. The molecular formula is C19H24N2OS. The van der Waals surface area contributed by atoms with Gasteiger partial charge in [-0.3, -0.25) is 9.69 Å². The molecule has 1 aromatic heterocycles. The van der Waals surface area contributed by atoms with Gasteiger partial charge >= 0.3 is 0 Å². The summed E-state index contributed by atoms with van der Waals surface area (Å²) in [5, 5.41) is 5.29. The minimum absolute atomic E-state index is 0.0457. The van der Waals surface area contributed by atoms with Gasteiger partial charge < -0.3 is 5.32 Å². The van der Waals surface area contributed by atoms with E-state index in [2.05, 4.69) is 33.8 Å². The second-order valence-corrected chi connectivity index (χ2v) is 7.10. The van der Waals surface area contributed by atoms with Gasteiger partial charge in [-0.1, -0.05) is 49.2 Å². The summed E-state index contributed by atoms with van der Waals surface area (Å²) < 4.78 is 0. The van der Waals surface area contributed by atoms with Crippen LogP contribution in [0.5, 0.6) is 0 Å². The van der Waals surface area contributed by atoms with Gasteiger partial charge in [-0.05, 0) is 42.9 Å². The Morgan fingerprint density at radius 1 is 1.04 bits per heavy atom. The molecule has 0 radical (unpaired) electrons. The van der Waals surface area contributed by atoms with Crippen LogP contribution in [0, 0.1) is 0 Å². The number of hydrogen-bond donors (Lipinski definition) is 1. The van der Waals surface area contributed by atoms with E-state index in [1.807, 2.05) is 24.3 Å². The molecule has 122 valence electrons. The first-order chi connectivity index (χ1) is 11.3. The fraction of sp³-hybridized carbons (Fsp3) is 0.421. The van der Waals surface area contributed by atoms with Gasteiger partial charge in [-0.25, -0.2) is 0 Å². The third-order valence-electron chi connectivity index (χ3n) is 4.33. The van der Waals surface area contributed by atoms with Crippen molar-refractivity contribution < 1.29 is 4.79 Å². The number of likely N-dealkylation sites (tertiary alicyclic amines) is 1. The van der Waals surface area contributed by atoms with Crippen LogP contribution in [0.3, 0.4) is 0 Å². The fourth-order valence-electron chi connectivity index (χ4n) is 3.12. The van der Waals surface area contributed by atoms with E-state index >= 15 is 0 Å². The van der Waals surface area contributed by atoms with Crippen molar-refractivity contribution in [2.75, 3.05) is 19.6 Å². The molecule has 2 heterocycles. The maximum Gasteiger partial charge on any atom is 0.234 e. The number of nitrogens with one attached hydrogen (secondary N) is 1. The molecule has 3 rings (SSSR count). The smallest absolute Gasteiger partial charge is 0.234 e. The highest BCUT2D eigenvalue weighted by molar-refractivity contribution is 7.10. The van der Waals surface area contributed by atoms with E-state index in [1.54, 1.807) is 11.3 Å². The molecule has 1 amide bonds. The highest BCUT2D eigenvalue weighted by Gasteiger charge is 2.19. The Labute approximate surface area is 142 Å². The Kier molecular flexibility index (Phi) is 5.83. The standard InChI is InChI=1S/C19H24N2OS/c22-18(15-21-12-6-1-2-7-13-21)20-19(17-11-8-14-23-17)16-9-4-3-5-10-16/h3-5,8-11,14,19H,1-2,6-7,12-13,15H2,(H,20,22)/t19-/m0/s1. The number of hydrogen-bond acceptors (Lipinski definition) is 3. The lowest BCUT2D eigenvalue weighted by Gasteiger charge is -2.22. The molecule has 0 saturated carbocycles. The van der Waals surface area contributed by atoms with Gasteiger partial charge in [0.1, 0.15) is 0 Å². The first kappa shape index (κ1) is 16.2. The molecule has 1 saturated heterocycles. The quantitative estimate of drug-likeness (QED) is 0.905. The van der Waals surface area contributed by atoms with Crippen molar-refractivity contribution in [2.24, 2.45) is 0 Å². The topological polar surface area (TPSA) is 32.3 Å². The Hall–Kier alpha value is -1.65. The maximum atomic E-state index is 12.6. The van der Waals surface area contributed by atoms with E-state index in [1.165, 1.54) is 30.6 Å². The van der Waals surface area contributed by atoms with E-state index in [0.717, 1.165) is 18.7 Å². The van der Waals surface area contributed by atoms with Crippen LogP contribution in [-0.2, 0) is 4.79 Å². The van der Waals surface area contributed by atoms with Gasteiger partial charge in [0.15, 0.2) is 0 Å². The number of thiophene rings is 1. The molecular weight excluding hydrogens is 304 g/mol. The Bertz CT molecular complexity index is 589. The van der Waals surface area contributed by atoms with Crippen LogP contribution < -0.4 is 5.32 Å². The molecule has 1 N–H and O–H groups in total. The molecule has 1 aliphatic heterocycles. The SMILES string of the molecule is O=C(CN1CCCCCC1)N[C@@H](c1ccccc1)c1cccs1. The first-order valence-corrected chi connectivity index (χ1v) is 9.31. The van der Waals surface area contributed by atoms with Gasteiger partial charge in [-0.2, -0.15) is 0 Å². The zero-order chi connectivity index (χ0) is 15.9. The molecule has 2 aromatic rings. The average Bonchev–Trinajstić information content (AvgIpc) is 2.99.